The number of rotatable bonds is 2. The fourth-order valence-corrected chi connectivity index (χ4v) is 2.51. The van der Waals surface area contributed by atoms with Gasteiger partial charge in [-0.25, -0.2) is 0 Å². The van der Waals surface area contributed by atoms with Gasteiger partial charge in [0, 0.05) is 18.4 Å². The molecule has 4 nitrogen and oxygen atoms in total. The molecular weight excluding hydrogens is 242 g/mol. The van der Waals surface area contributed by atoms with Crippen LogP contribution in [0.25, 0.3) is 0 Å². The molecule has 0 unspecified atom stereocenters. The van der Waals surface area contributed by atoms with Gasteiger partial charge < -0.3 is 9.73 Å². The second-order valence-corrected chi connectivity index (χ2v) is 5.68. The van der Waals surface area contributed by atoms with E-state index < -0.39 is 0 Å². The van der Waals surface area contributed by atoms with Crippen LogP contribution in [0.3, 0.4) is 0 Å². The van der Waals surface area contributed by atoms with Crippen molar-refractivity contribution in [3.8, 4) is 12.3 Å². The molecule has 0 aromatic carbocycles. The number of amides is 1. The Morgan fingerprint density at radius 2 is 2.16 bits per heavy atom. The van der Waals surface area contributed by atoms with E-state index >= 15 is 0 Å². The number of hydrogen-bond donors (Lipinski definition) is 1. The minimum Gasteiger partial charge on any atom is -0.455 e. The van der Waals surface area contributed by atoms with Gasteiger partial charge in [-0.2, -0.15) is 0 Å². The summed E-state index contributed by atoms with van der Waals surface area (Å²) >= 11 is 0. The van der Waals surface area contributed by atoms with Gasteiger partial charge in [-0.1, -0.05) is 19.8 Å². The predicted octanol–water partition coefficient (Wildman–Crippen LogP) is 2.11. The van der Waals surface area contributed by atoms with Crippen LogP contribution >= 0.6 is 0 Å². The Hall–Kier alpha value is -2.02. The molecule has 19 heavy (non-hydrogen) atoms. The molecule has 0 fully saturated rings. The molecule has 0 atom stereocenters. The number of hydrogen-bond acceptors (Lipinski definition) is 3. The average molecular weight is 259 g/mol. The third kappa shape index (κ3) is 2.41. The van der Waals surface area contributed by atoms with Gasteiger partial charge in [0.25, 0.3) is 5.91 Å². The lowest BCUT2D eigenvalue weighted by Crippen LogP contribution is -2.26. The molecule has 100 valence electrons. The van der Waals surface area contributed by atoms with Crippen molar-refractivity contribution in [3.05, 3.63) is 22.6 Å². The maximum absolute atomic E-state index is 12.1. The summed E-state index contributed by atoms with van der Waals surface area (Å²) in [6, 6.07) is 0. The first-order valence-electron chi connectivity index (χ1n) is 6.23. The molecule has 1 aliphatic carbocycles. The largest absolute Gasteiger partial charge is 0.455 e. The number of furan rings is 1. The Kier molecular flexibility index (Phi) is 3.23. The van der Waals surface area contributed by atoms with Crippen LogP contribution < -0.4 is 5.32 Å². The van der Waals surface area contributed by atoms with E-state index in [1.54, 1.807) is 6.92 Å². The van der Waals surface area contributed by atoms with E-state index in [0.717, 1.165) is 0 Å². The van der Waals surface area contributed by atoms with E-state index in [1.165, 1.54) is 0 Å². The van der Waals surface area contributed by atoms with Crippen molar-refractivity contribution in [1.82, 2.24) is 5.32 Å². The highest BCUT2D eigenvalue weighted by Crippen LogP contribution is 2.38. The maximum Gasteiger partial charge on any atom is 0.288 e. The van der Waals surface area contributed by atoms with Crippen molar-refractivity contribution in [2.75, 3.05) is 6.54 Å². The van der Waals surface area contributed by atoms with E-state index in [0.29, 0.717) is 29.7 Å². The molecule has 4 heteroatoms. The molecule has 0 saturated carbocycles. The Balaban J connectivity index is 2.39. The zero-order valence-electron chi connectivity index (χ0n) is 11.4. The first kappa shape index (κ1) is 13.4. The van der Waals surface area contributed by atoms with Crippen molar-refractivity contribution >= 4 is 11.7 Å². The van der Waals surface area contributed by atoms with Crippen molar-refractivity contribution < 1.29 is 14.0 Å². The summed E-state index contributed by atoms with van der Waals surface area (Å²) < 4.78 is 5.60. The summed E-state index contributed by atoms with van der Waals surface area (Å²) in [5.41, 5.74) is 1.07. The van der Waals surface area contributed by atoms with Gasteiger partial charge in [-0.3, -0.25) is 9.59 Å². The second-order valence-electron chi connectivity index (χ2n) is 5.68. The van der Waals surface area contributed by atoms with Crippen LogP contribution in [0, 0.1) is 24.7 Å². The summed E-state index contributed by atoms with van der Waals surface area (Å²) in [5.74, 6) is 2.83. The van der Waals surface area contributed by atoms with Crippen LogP contribution in [0.15, 0.2) is 4.42 Å². The molecule has 0 aliphatic heterocycles. The highest BCUT2D eigenvalue weighted by atomic mass is 16.4. The van der Waals surface area contributed by atoms with Crippen molar-refractivity contribution in [2.45, 2.75) is 33.6 Å². The van der Waals surface area contributed by atoms with E-state index in [9.17, 15) is 9.59 Å². The molecule has 0 bridgehead atoms. The molecule has 1 aliphatic rings. The quantitative estimate of drug-likeness (QED) is 0.827. The molecule has 0 saturated heterocycles. The van der Waals surface area contributed by atoms with E-state index in [2.05, 4.69) is 11.2 Å². The molecule has 0 spiro atoms. The van der Waals surface area contributed by atoms with Gasteiger partial charge in [0.05, 0.1) is 12.1 Å². The SMILES string of the molecule is C#CCNC(=O)c1oc2c(c1C)C(=O)CC(C)(C)C2. The molecular formula is C15H17NO3. The Morgan fingerprint density at radius 1 is 1.47 bits per heavy atom. The number of ketones is 1. The summed E-state index contributed by atoms with van der Waals surface area (Å²) in [6.45, 7) is 5.92. The molecule has 1 amide bonds. The number of carbonyl (C=O) groups is 2. The third-order valence-electron chi connectivity index (χ3n) is 3.33. The number of fused-ring (bicyclic) bond motifs is 1. The number of carbonyl (C=O) groups excluding carboxylic acids is 2. The van der Waals surface area contributed by atoms with Crippen LogP contribution in [0.4, 0.5) is 0 Å². The van der Waals surface area contributed by atoms with E-state index in [-0.39, 0.29) is 29.4 Å². The normalized spacial score (nSPS) is 16.6. The van der Waals surface area contributed by atoms with Crippen molar-refractivity contribution in [3.63, 3.8) is 0 Å². The Morgan fingerprint density at radius 3 is 2.79 bits per heavy atom. The summed E-state index contributed by atoms with van der Waals surface area (Å²) in [6.07, 6.45) is 6.24. The third-order valence-corrected chi connectivity index (χ3v) is 3.33. The lowest BCUT2D eigenvalue weighted by Gasteiger charge is -2.27. The van der Waals surface area contributed by atoms with Gasteiger partial charge in [0.15, 0.2) is 11.5 Å². The fraction of sp³-hybridized carbons (Fsp3) is 0.467. The minimum atomic E-state index is -0.365. The summed E-state index contributed by atoms with van der Waals surface area (Å²) in [5, 5.41) is 2.55. The monoisotopic (exact) mass is 259 g/mol. The lowest BCUT2D eigenvalue weighted by atomic mass is 9.76. The van der Waals surface area contributed by atoms with Crippen LogP contribution in [0.1, 0.15) is 52.5 Å². The van der Waals surface area contributed by atoms with Gasteiger partial charge in [0.2, 0.25) is 0 Å². The molecule has 2 rings (SSSR count). The fourth-order valence-electron chi connectivity index (χ4n) is 2.51. The van der Waals surface area contributed by atoms with E-state index in [4.69, 9.17) is 10.8 Å². The van der Waals surface area contributed by atoms with Crippen LogP contribution in [0.5, 0.6) is 0 Å². The van der Waals surface area contributed by atoms with Gasteiger partial charge in [-0.05, 0) is 12.3 Å². The zero-order valence-corrected chi connectivity index (χ0v) is 11.4. The number of Topliss-reactive ketones (excluding diaryl/α,β-unsaturated/α-hetero) is 1. The maximum atomic E-state index is 12.1. The highest BCUT2D eigenvalue weighted by Gasteiger charge is 2.36. The molecule has 1 N–H and O–H groups in total. The Labute approximate surface area is 112 Å². The molecule has 1 aromatic heterocycles. The smallest absolute Gasteiger partial charge is 0.288 e. The van der Waals surface area contributed by atoms with Gasteiger partial charge >= 0.3 is 0 Å². The van der Waals surface area contributed by atoms with Crippen molar-refractivity contribution in [1.29, 1.82) is 0 Å². The van der Waals surface area contributed by atoms with Crippen molar-refractivity contribution in [2.24, 2.45) is 5.41 Å². The van der Waals surface area contributed by atoms with Crippen LogP contribution in [-0.2, 0) is 6.42 Å². The second kappa shape index (κ2) is 4.58. The molecule has 0 radical (unpaired) electrons. The lowest BCUT2D eigenvalue weighted by molar-refractivity contribution is 0.0890. The molecule has 1 aromatic rings. The molecule has 1 heterocycles. The number of nitrogens with one attached hydrogen (secondary N) is 1. The summed E-state index contributed by atoms with van der Waals surface area (Å²) in [4.78, 5) is 24.0. The van der Waals surface area contributed by atoms with E-state index in [1.807, 2.05) is 13.8 Å². The average Bonchev–Trinajstić information content (AvgIpc) is 2.61. The van der Waals surface area contributed by atoms with Gasteiger partial charge in [0.1, 0.15) is 5.76 Å². The van der Waals surface area contributed by atoms with Crippen LogP contribution in [-0.4, -0.2) is 18.2 Å². The zero-order chi connectivity index (χ0) is 14.2. The van der Waals surface area contributed by atoms with Gasteiger partial charge in [-0.15, -0.1) is 6.42 Å². The first-order chi connectivity index (χ1) is 8.85. The first-order valence-corrected chi connectivity index (χ1v) is 6.23. The highest BCUT2D eigenvalue weighted by molar-refractivity contribution is 6.03. The predicted molar refractivity (Wildman–Crippen MR) is 71.0 cm³/mol. The topological polar surface area (TPSA) is 59.3 Å². The minimum absolute atomic E-state index is 0.0449. The van der Waals surface area contributed by atoms with Crippen LogP contribution in [0.2, 0.25) is 0 Å². The standard InChI is InChI=1S/C15H17NO3/c1-5-6-16-14(18)13-9(2)12-10(17)7-15(3,4)8-11(12)19-13/h1H,6-8H2,2-4H3,(H,16,18). The number of terminal acetylenes is 1. The Bertz CT molecular complexity index is 587. The summed E-state index contributed by atoms with van der Waals surface area (Å²) in [7, 11) is 0.